The van der Waals surface area contributed by atoms with Crippen LogP contribution in [0.15, 0.2) is 51.5 Å². The summed E-state index contributed by atoms with van der Waals surface area (Å²) in [5, 5.41) is 6.93. The van der Waals surface area contributed by atoms with Crippen LogP contribution in [0.25, 0.3) is 0 Å². The molecular formula is C21H20BrClN4O2. The van der Waals surface area contributed by atoms with E-state index in [4.69, 9.17) is 16.0 Å². The topological polar surface area (TPSA) is 70.4 Å². The number of anilines is 2. The molecule has 0 bridgehead atoms. The van der Waals surface area contributed by atoms with Crippen LogP contribution < -0.4 is 10.6 Å². The lowest BCUT2D eigenvalue weighted by Gasteiger charge is -2.15. The minimum atomic E-state index is -0.295. The Morgan fingerprint density at radius 1 is 1.34 bits per heavy atom. The van der Waals surface area contributed by atoms with Crippen molar-refractivity contribution in [1.82, 2.24) is 9.88 Å². The van der Waals surface area contributed by atoms with Crippen molar-refractivity contribution < 1.29 is 9.21 Å². The summed E-state index contributed by atoms with van der Waals surface area (Å²) in [5.41, 5.74) is 2.69. The van der Waals surface area contributed by atoms with Crippen molar-refractivity contribution in [2.45, 2.75) is 19.0 Å². The number of hydrogen-bond acceptors (Lipinski definition) is 5. The molecule has 6 nitrogen and oxygen atoms in total. The molecule has 4 rings (SSSR count). The molecular weight excluding hydrogens is 456 g/mol. The quantitative estimate of drug-likeness (QED) is 0.536. The van der Waals surface area contributed by atoms with E-state index in [1.807, 2.05) is 31.1 Å². The van der Waals surface area contributed by atoms with Gasteiger partial charge in [-0.1, -0.05) is 11.6 Å². The SMILES string of the molecule is CN(C)Cc1ccc(C(=O)Nc2ccc(Cl)c(C3Cc4cc(Br)cnc4N3)c2)o1. The highest BCUT2D eigenvalue weighted by Crippen LogP contribution is 2.37. The summed E-state index contributed by atoms with van der Waals surface area (Å²) in [5.74, 6) is 1.58. The Morgan fingerprint density at radius 2 is 2.17 bits per heavy atom. The van der Waals surface area contributed by atoms with Gasteiger partial charge in [0.05, 0.1) is 12.6 Å². The second-order valence-corrected chi connectivity index (χ2v) is 8.58. The van der Waals surface area contributed by atoms with Gasteiger partial charge >= 0.3 is 0 Å². The number of aromatic nitrogens is 1. The van der Waals surface area contributed by atoms with Crippen LogP contribution >= 0.6 is 27.5 Å². The van der Waals surface area contributed by atoms with Gasteiger partial charge in [-0.05, 0) is 77.6 Å². The molecule has 1 unspecified atom stereocenters. The average molecular weight is 476 g/mol. The number of nitrogens with zero attached hydrogens (tertiary/aromatic N) is 2. The zero-order chi connectivity index (χ0) is 20.5. The molecule has 1 aromatic carbocycles. The van der Waals surface area contributed by atoms with Crippen LogP contribution in [0, 0.1) is 0 Å². The largest absolute Gasteiger partial charge is 0.455 e. The first-order valence-corrected chi connectivity index (χ1v) is 10.3. The molecule has 1 aliphatic heterocycles. The Bertz CT molecular complexity index is 1070. The number of pyridine rings is 1. The molecule has 2 aromatic heterocycles. The van der Waals surface area contributed by atoms with Crippen molar-refractivity contribution in [3.05, 3.63) is 74.7 Å². The zero-order valence-corrected chi connectivity index (χ0v) is 18.3. The fraction of sp³-hybridized carbons (Fsp3) is 0.238. The second-order valence-electron chi connectivity index (χ2n) is 7.26. The maximum absolute atomic E-state index is 12.6. The number of halogens is 2. The molecule has 150 valence electrons. The first-order chi connectivity index (χ1) is 13.9. The number of hydrogen-bond donors (Lipinski definition) is 2. The van der Waals surface area contributed by atoms with E-state index in [9.17, 15) is 4.79 Å². The Labute approximate surface area is 182 Å². The minimum absolute atomic E-state index is 0.00791. The van der Waals surface area contributed by atoms with Gasteiger partial charge in [0, 0.05) is 27.8 Å². The predicted molar refractivity (Wildman–Crippen MR) is 118 cm³/mol. The summed E-state index contributed by atoms with van der Waals surface area (Å²) in [4.78, 5) is 19.0. The molecule has 0 radical (unpaired) electrons. The molecule has 8 heteroatoms. The molecule has 2 N–H and O–H groups in total. The zero-order valence-electron chi connectivity index (χ0n) is 16.0. The van der Waals surface area contributed by atoms with Gasteiger partial charge in [0.1, 0.15) is 11.6 Å². The van der Waals surface area contributed by atoms with E-state index in [0.717, 1.165) is 33.6 Å². The summed E-state index contributed by atoms with van der Waals surface area (Å²) >= 11 is 9.91. The summed E-state index contributed by atoms with van der Waals surface area (Å²) < 4.78 is 6.57. The van der Waals surface area contributed by atoms with Gasteiger partial charge in [0.2, 0.25) is 0 Å². The third kappa shape index (κ3) is 4.47. The highest BCUT2D eigenvalue weighted by atomic mass is 79.9. The number of furan rings is 1. The Kier molecular flexibility index (Phi) is 5.63. The number of fused-ring (bicyclic) bond motifs is 1. The molecule has 0 spiro atoms. The third-order valence-corrected chi connectivity index (χ3v) is 5.43. The van der Waals surface area contributed by atoms with Crippen LogP contribution in [0.1, 0.15) is 33.5 Å². The number of amides is 1. The van der Waals surface area contributed by atoms with Crippen molar-refractivity contribution in [1.29, 1.82) is 0 Å². The van der Waals surface area contributed by atoms with Gasteiger partial charge in [0.15, 0.2) is 5.76 Å². The number of carbonyl (C=O) groups is 1. The van der Waals surface area contributed by atoms with Crippen LogP contribution in [0.5, 0.6) is 0 Å². The molecule has 1 atom stereocenters. The van der Waals surface area contributed by atoms with Gasteiger partial charge in [0.25, 0.3) is 5.91 Å². The molecule has 3 heterocycles. The Balaban J connectivity index is 1.50. The summed E-state index contributed by atoms with van der Waals surface area (Å²) in [6.07, 6.45) is 2.53. The lowest BCUT2D eigenvalue weighted by atomic mass is 10.0. The van der Waals surface area contributed by atoms with Gasteiger partial charge in [-0.25, -0.2) is 4.98 Å². The molecule has 0 saturated carbocycles. The van der Waals surface area contributed by atoms with E-state index in [0.29, 0.717) is 17.3 Å². The van der Waals surface area contributed by atoms with E-state index in [1.165, 1.54) is 0 Å². The molecule has 0 aliphatic carbocycles. The fourth-order valence-electron chi connectivity index (χ4n) is 3.37. The Hall–Kier alpha value is -2.35. The van der Waals surface area contributed by atoms with Gasteiger partial charge in [-0.15, -0.1) is 0 Å². The third-order valence-electron chi connectivity index (χ3n) is 4.66. The number of carbonyl (C=O) groups excluding carboxylic acids is 1. The molecule has 1 aliphatic rings. The first kappa shape index (κ1) is 19.9. The molecule has 1 amide bonds. The first-order valence-electron chi connectivity index (χ1n) is 9.14. The lowest BCUT2D eigenvalue weighted by Crippen LogP contribution is -2.13. The Morgan fingerprint density at radius 3 is 2.97 bits per heavy atom. The van der Waals surface area contributed by atoms with E-state index < -0.39 is 0 Å². The van der Waals surface area contributed by atoms with Crippen molar-refractivity contribution >= 4 is 44.9 Å². The van der Waals surface area contributed by atoms with Crippen LogP contribution in [-0.2, 0) is 13.0 Å². The average Bonchev–Trinajstić information content (AvgIpc) is 3.29. The summed E-state index contributed by atoms with van der Waals surface area (Å²) in [7, 11) is 3.89. The lowest BCUT2D eigenvalue weighted by molar-refractivity contribution is 0.0993. The fourth-order valence-corrected chi connectivity index (χ4v) is 4.00. The van der Waals surface area contributed by atoms with Gasteiger partial charge in [-0.3, -0.25) is 4.79 Å². The maximum Gasteiger partial charge on any atom is 0.291 e. The van der Waals surface area contributed by atoms with Crippen molar-refractivity contribution in [2.75, 3.05) is 24.7 Å². The summed E-state index contributed by atoms with van der Waals surface area (Å²) in [6.45, 7) is 0.635. The number of nitrogens with one attached hydrogen (secondary N) is 2. The van der Waals surface area contributed by atoms with E-state index in [1.54, 1.807) is 24.4 Å². The maximum atomic E-state index is 12.6. The van der Waals surface area contributed by atoms with Crippen molar-refractivity contribution in [3.8, 4) is 0 Å². The van der Waals surface area contributed by atoms with Gasteiger partial charge in [-0.2, -0.15) is 0 Å². The van der Waals surface area contributed by atoms with Crippen LogP contribution in [0.3, 0.4) is 0 Å². The van der Waals surface area contributed by atoms with Crippen LogP contribution in [-0.4, -0.2) is 29.9 Å². The highest BCUT2D eigenvalue weighted by Gasteiger charge is 2.25. The summed E-state index contributed by atoms with van der Waals surface area (Å²) in [6, 6.07) is 11.0. The van der Waals surface area contributed by atoms with Crippen LogP contribution in [0.4, 0.5) is 11.5 Å². The highest BCUT2D eigenvalue weighted by molar-refractivity contribution is 9.10. The van der Waals surface area contributed by atoms with Crippen molar-refractivity contribution in [2.24, 2.45) is 0 Å². The van der Waals surface area contributed by atoms with Crippen molar-refractivity contribution in [3.63, 3.8) is 0 Å². The van der Waals surface area contributed by atoms with Crippen LogP contribution in [0.2, 0.25) is 5.02 Å². The van der Waals surface area contributed by atoms with E-state index in [-0.39, 0.29) is 17.7 Å². The molecule has 29 heavy (non-hydrogen) atoms. The van der Waals surface area contributed by atoms with E-state index >= 15 is 0 Å². The van der Waals surface area contributed by atoms with Gasteiger partial charge < -0.3 is 20.0 Å². The second kappa shape index (κ2) is 8.18. The molecule has 0 fully saturated rings. The number of benzene rings is 1. The molecule has 3 aromatic rings. The predicted octanol–water partition coefficient (Wildman–Crippen LogP) is 5.11. The number of rotatable bonds is 5. The minimum Gasteiger partial charge on any atom is -0.455 e. The molecule has 0 saturated heterocycles. The monoisotopic (exact) mass is 474 g/mol. The normalized spacial score (nSPS) is 15.3. The standard InChI is InChI=1S/C21H20BrClN4O2/c1-27(2)11-15-4-6-19(29-15)21(28)25-14-3-5-17(23)16(9-14)18-8-12-7-13(22)10-24-20(12)26-18/h3-7,9-10,18H,8,11H2,1-2H3,(H,24,26)(H,25,28). The smallest absolute Gasteiger partial charge is 0.291 e. The van der Waals surface area contributed by atoms with E-state index in [2.05, 4.69) is 37.6 Å².